The number of rotatable bonds is 8. The van der Waals surface area contributed by atoms with Gasteiger partial charge in [0.05, 0.1) is 6.61 Å². The van der Waals surface area contributed by atoms with Gasteiger partial charge in [-0.1, -0.05) is 13.3 Å². The standard InChI is InChI=1S/C16H24FNO3/c1-4-6-15(16(19)20-5-2)21-14-8-7-13(17)10-12(14)9-11(3)18/h7-8,10-11,15H,4-6,9,18H2,1-3H3. The molecule has 4 nitrogen and oxygen atoms in total. The van der Waals surface area contributed by atoms with Crippen molar-refractivity contribution in [2.45, 2.75) is 52.2 Å². The van der Waals surface area contributed by atoms with E-state index in [1.807, 2.05) is 13.8 Å². The number of esters is 1. The average Bonchev–Trinajstić information content (AvgIpc) is 2.40. The van der Waals surface area contributed by atoms with Crippen LogP contribution in [0.25, 0.3) is 0 Å². The zero-order valence-corrected chi connectivity index (χ0v) is 12.9. The third-order valence-corrected chi connectivity index (χ3v) is 2.93. The average molecular weight is 297 g/mol. The summed E-state index contributed by atoms with van der Waals surface area (Å²) in [6, 6.07) is 4.12. The van der Waals surface area contributed by atoms with Crippen LogP contribution in [0.4, 0.5) is 4.39 Å². The summed E-state index contributed by atoms with van der Waals surface area (Å²) in [5, 5.41) is 0. The molecule has 0 radical (unpaired) electrons. The Balaban J connectivity index is 2.94. The van der Waals surface area contributed by atoms with Gasteiger partial charge < -0.3 is 15.2 Å². The van der Waals surface area contributed by atoms with Crippen molar-refractivity contribution in [3.8, 4) is 5.75 Å². The minimum atomic E-state index is -0.674. The molecule has 0 aliphatic heterocycles. The van der Waals surface area contributed by atoms with Crippen LogP contribution in [-0.2, 0) is 16.0 Å². The molecule has 0 heterocycles. The number of carbonyl (C=O) groups excluding carboxylic acids is 1. The second kappa shape index (κ2) is 8.62. The lowest BCUT2D eigenvalue weighted by atomic mass is 10.1. The summed E-state index contributed by atoms with van der Waals surface area (Å²) in [6.45, 7) is 5.85. The zero-order chi connectivity index (χ0) is 15.8. The fraction of sp³-hybridized carbons (Fsp3) is 0.562. The zero-order valence-electron chi connectivity index (χ0n) is 12.9. The Morgan fingerprint density at radius 3 is 2.67 bits per heavy atom. The quantitative estimate of drug-likeness (QED) is 0.750. The molecule has 2 atom stereocenters. The Morgan fingerprint density at radius 2 is 2.10 bits per heavy atom. The number of carbonyl (C=O) groups is 1. The molecule has 0 saturated heterocycles. The van der Waals surface area contributed by atoms with E-state index >= 15 is 0 Å². The Labute approximate surface area is 125 Å². The maximum Gasteiger partial charge on any atom is 0.347 e. The van der Waals surface area contributed by atoms with Crippen molar-refractivity contribution >= 4 is 5.97 Å². The summed E-state index contributed by atoms with van der Waals surface area (Å²) in [4.78, 5) is 11.9. The van der Waals surface area contributed by atoms with Crippen LogP contribution in [0.15, 0.2) is 18.2 Å². The number of hydrogen-bond acceptors (Lipinski definition) is 4. The Hall–Kier alpha value is -1.62. The predicted octanol–water partition coefficient (Wildman–Crippen LogP) is 2.83. The van der Waals surface area contributed by atoms with Crippen molar-refractivity contribution in [2.24, 2.45) is 5.73 Å². The molecule has 21 heavy (non-hydrogen) atoms. The summed E-state index contributed by atoms with van der Waals surface area (Å²) < 4.78 is 24.1. The van der Waals surface area contributed by atoms with Crippen LogP contribution >= 0.6 is 0 Å². The number of benzene rings is 1. The van der Waals surface area contributed by atoms with E-state index in [2.05, 4.69) is 0 Å². The third kappa shape index (κ3) is 5.71. The van der Waals surface area contributed by atoms with Crippen molar-refractivity contribution in [3.63, 3.8) is 0 Å². The van der Waals surface area contributed by atoms with Gasteiger partial charge in [0, 0.05) is 6.04 Å². The van der Waals surface area contributed by atoms with Gasteiger partial charge in [-0.25, -0.2) is 9.18 Å². The minimum absolute atomic E-state index is 0.124. The first kappa shape index (κ1) is 17.4. The van der Waals surface area contributed by atoms with Gasteiger partial charge in [-0.3, -0.25) is 0 Å². The molecule has 0 amide bonds. The summed E-state index contributed by atoms with van der Waals surface area (Å²) in [5.41, 5.74) is 6.43. The number of nitrogens with two attached hydrogens (primary N) is 1. The van der Waals surface area contributed by atoms with E-state index in [-0.39, 0.29) is 11.9 Å². The molecule has 0 bridgehead atoms. The molecule has 1 rings (SSSR count). The van der Waals surface area contributed by atoms with Crippen molar-refractivity contribution < 1.29 is 18.7 Å². The molecule has 1 aromatic carbocycles. The van der Waals surface area contributed by atoms with E-state index in [1.54, 1.807) is 6.92 Å². The van der Waals surface area contributed by atoms with E-state index < -0.39 is 12.1 Å². The van der Waals surface area contributed by atoms with Crippen LogP contribution < -0.4 is 10.5 Å². The molecule has 2 unspecified atom stereocenters. The SMILES string of the molecule is CCCC(Oc1ccc(F)cc1CC(C)N)C(=O)OCC. The fourth-order valence-electron chi connectivity index (χ4n) is 2.04. The molecule has 0 saturated carbocycles. The molecular formula is C16H24FNO3. The van der Waals surface area contributed by atoms with Gasteiger partial charge in [-0.2, -0.15) is 0 Å². The summed E-state index contributed by atoms with van der Waals surface area (Å²) >= 11 is 0. The molecule has 2 N–H and O–H groups in total. The van der Waals surface area contributed by atoms with E-state index in [4.69, 9.17) is 15.2 Å². The second-order valence-electron chi connectivity index (χ2n) is 5.08. The van der Waals surface area contributed by atoms with Crippen LogP contribution in [0.3, 0.4) is 0 Å². The Kier molecular flexibility index (Phi) is 7.15. The number of halogens is 1. The Morgan fingerprint density at radius 1 is 1.38 bits per heavy atom. The lowest BCUT2D eigenvalue weighted by Crippen LogP contribution is -2.30. The largest absolute Gasteiger partial charge is 0.478 e. The molecule has 0 spiro atoms. The van der Waals surface area contributed by atoms with Crippen molar-refractivity contribution in [1.82, 2.24) is 0 Å². The van der Waals surface area contributed by atoms with Crippen LogP contribution in [0.2, 0.25) is 0 Å². The number of hydrogen-bond donors (Lipinski definition) is 1. The molecule has 0 aromatic heterocycles. The first-order valence-electron chi connectivity index (χ1n) is 7.35. The van der Waals surface area contributed by atoms with Gasteiger partial charge in [0.25, 0.3) is 0 Å². The lowest BCUT2D eigenvalue weighted by molar-refractivity contribution is -0.151. The molecule has 5 heteroatoms. The molecule has 118 valence electrons. The molecule has 0 aliphatic rings. The van der Waals surface area contributed by atoms with Gasteiger partial charge in [-0.05, 0) is 50.5 Å². The highest BCUT2D eigenvalue weighted by molar-refractivity contribution is 5.75. The number of ether oxygens (including phenoxy) is 2. The lowest BCUT2D eigenvalue weighted by Gasteiger charge is -2.20. The highest BCUT2D eigenvalue weighted by Gasteiger charge is 2.22. The van der Waals surface area contributed by atoms with Crippen LogP contribution in [0, 0.1) is 5.82 Å². The van der Waals surface area contributed by atoms with Gasteiger partial charge in [0.2, 0.25) is 0 Å². The topological polar surface area (TPSA) is 61.5 Å². The Bertz CT molecular complexity index is 463. The van der Waals surface area contributed by atoms with Crippen molar-refractivity contribution in [1.29, 1.82) is 0 Å². The maximum atomic E-state index is 13.4. The van der Waals surface area contributed by atoms with Crippen molar-refractivity contribution in [3.05, 3.63) is 29.6 Å². The highest BCUT2D eigenvalue weighted by Crippen LogP contribution is 2.23. The summed E-state index contributed by atoms with van der Waals surface area (Å²) in [7, 11) is 0. The molecular weight excluding hydrogens is 273 g/mol. The molecule has 0 fully saturated rings. The molecule has 0 aliphatic carbocycles. The third-order valence-electron chi connectivity index (χ3n) is 2.93. The molecule has 1 aromatic rings. The maximum absolute atomic E-state index is 13.4. The van der Waals surface area contributed by atoms with Gasteiger partial charge in [0.1, 0.15) is 11.6 Å². The van der Waals surface area contributed by atoms with E-state index in [1.165, 1.54) is 18.2 Å². The smallest absolute Gasteiger partial charge is 0.347 e. The van der Waals surface area contributed by atoms with E-state index in [0.29, 0.717) is 30.8 Å². The minimum Gasteiger partial charge on any atom is -0.478 e. The monoisotopic (exact) mass is 297 g/mol. The van der Waals surface area contributed by atoms with E-state index in [9.17, 15) is 9.18 Å². The van der Waals surface area contributed by atoms with Crippen LogP contribution in [0.1, 0.15) is 39.2 Å². The van der Waals surface area contributed by atoms with Gasteiger partial charge in [0.15, 0.2) is 6.10 Å². The summed E-state index contributed by atoms with van der Waals surface area (Å²) in [5.74, 6) is -0.253. The van der Waals surface area contributed by atoms with E-state index in [0.717, 1.165) is 6.42 Å². The first-order chi connectivity index (χ1) is 9.97. The van der Waals surface area contributed by atoms with Crippen molar-refractivity contribution in [2.75, 3.05) is 6.61 Å². The predicted molar refractivity (Wildman–Crippen MR) is 79.7 cm³/mol. The normalized spacial score (nSPS) is 13.6. The van der Waals surface area contributed by atoms with Crippen LogP contribution in [-0.4, -0.2) is 24.7 Å². The fourth-order valence-corrected chi connectivity index (χ4v) is 2.04. The second-order valence-corrected chi connectivity index (χ2v) is 5.08. The van der Waals surface area contributed by atoms with Gasteiger partial charge in [-0.15, -0.1) is 0 Å². The first-order valence-corrected chi connectivity index (χ1v) is 7.35. The summed E-state index contributed by atoms with van der Waals surface area (Å²) in [6.07, 6.45) is 1.14. The van der Waals surface area contributed by atoms with Gasteiger partial charge >= 0.3 is 5.97 Å². The van der Waals surface area contributed by atoms with Crippen LogP contribution in [0.5, 0.6) is 5.75 Å². The highest BCUT2D eigenvalue weighted by atomic mass is 19.1.